The van der Waals surface area contributed by atoms with Crippen LogP contribution in [-0.2, 0) is 20.4 Å². The number of benzene rings is 2. The molecule has 0 spiro atoms. The predicted molar refractivity (Wildman–Crippen MR) is 116 cm³/mol. The first kappa shape index (κ1) is 20.6. The van der Waals surface area contributed by atoms with Crippen LogP contribution >= 0.6 is 0 Å². The number of hydrazine groups is 1. The molecule has 0 radical (unpaired) electrons. The molecule has 30 heavy (non-hydrogen) atoms. The fourth-order valence-corrected chi connectivity index (χ4v) is 5.19. The second-order valence-electron chi connectivity index (χ2n) is 8.53. The Labute approximate surface area is 177 Å². The number of nitrogens with zero attached hydrogens (tertiary/aromatic N) is 2. The smallest absolute Gasteiger partial charge is 0.228 e. The maximum atomic E-state index is 12.4. The van der Waals surface area contributed by atoms with Gasteiger partial charge in [-0.15, -0.1) is 0 Å². The monoisotopic (exact) mass is 406 g/mol. The number of carbonyl (C=O) groups excluding carboxylic acids is 2. The molecule has 0 aliphatic carbocycles. The van der Waals surface area contributed by atoms with Gasteiger partial charge >= 0.3 is 0 Å². The standard InChI is InChI=1S/C24H30N4O2/c25-21(29)23(19-7-3-1-4-8-19)11-15-27(16-12-23)28-17-13-24(14-18-28,22(26)30)20-9-5-2-6-10-20/h1-10H,11-18H2,(H2,25,29)(H2,26,30). The summed E-state index contributed by atoms with van der Waals surface area (Å²) >= 11 is 0. The largest absolute Gasteiger partial charge is 0.369 e. The van der Waals surface area contributed by atoms with Gasteiger partial charge in [-0.2, -0.15) is 0 Å². The SMILES string of the molecule is NC(=O)C1(c2ccccc2)CCN(N2CCC(C(N)=O)(c3ccccc3)CC2)CC1. The summed E-state index contributed by atoms with van der Waals surface area (Å²) in [7, 11) is 0. The molecule has 2 aliphatic heterocycles. The first-order valence-corrected chi connectivity index (χ1v) is 10.7. The van der Waals surface area contributed by atoms with Crippen LogP contribution in [0.1, 0.15) is 36.8 Å². The van der Waals surface area contributed by atoms with E-state index in [0.29, 0.717) is 25.7 Å². The molecule has 0 bridgehead atoms. The molecule has 0 atom stereocenters. The van der Waals surface area contributed by atoms with Crippen LogP contribution in [0.2, 0.25) is 0 Å². The quantitative estimate of drug-likeness (QED) is 0.794. The van der Waals surface area contributed by atoms with Crippen LogP contribution in [0.4, 0.5) is 0 Å². The van der Waals surface area contributed by atoms with E-state index in [1.54, 1.807) is 0 Å². The summed E-state index contributed by atoms with van der Waals surface area (Å²) < 4.78 is 0. The van der Waals surface area contributed by atoms with E-state index in [9.17, 15) is 9.59 Å². The van der Waals surface area contributed by atoms with Crippen LogP contribution in [-0.4, -0.2) is 48.0 Å². The van der Waals surface area contributed by atoms with Gasteiger partial charge in [0.05, 0.1) is 10.8 Å². The predicted octanol–water partition coefficient (Wildman–Crippen LogP) is 1.94. The van der Waals surface area contributed by atoms with E-state index in [0.717, 1.165) is 37.3 Å². The lowest BCUT2D eigenvalue weighted by atomic mass is 9.71. The molecule has 2 fully saturated rings. The third-order valence-corrected chi connectivity index (χ3v) is 7.18. The molecule has 2 aromatic rings. The van der Waals surface area contributed by atoms with Crippen LogP contribution in [0.15, 0.2) is 60.7 Å². The third kappa shape index (κ3) is 3.50. The summed E-state index contributed by atoms with van der Waals surface area (Å²) in [5.74, 6) is -0.493. The Kier molecular flexibility index (Phi) is 5.62. The van der Waals surface area contributed by atoms with Gasteiger partial charge in [0.15, 0.2) is 0 Å². The number of amides is 2. The number of rotatable bonds is 5. The average Bonchev–Trinajstić information content (AvgIpc) is 2.80. The van der Waals surface area contributed by atoms with Gasteiger partial charge < -0.3 is 11.5 Å². The van der Waals surface area contributed by atoms with Crippen molar-refractivity contribution in [2.75, 3.05) is 26.2 Å². The lowest BCUT2D eigenvalue weighted by Gasteiger charge is -2.48. The zero-order valence-corrected chi connectivity index (χ0v) is 17.3. The number of carbonyl (C=O) groups is 2. The van der Waals surface area contributed by atoms with Gasteiger partial charge in [-0.1, -0.05) is 60.7 Å². The number of hydrogen-bond acceptors (Lipinski definition) is 4. The minimum atomic E-state index is -0.603. The summed E-state index contributed by atoms with van der Waals surface area (Å²) in [6, 6.07) is 19.8. The fourth-order valence-electron chi connectivity index (χ4n) is 5.19. The Balaban J connectivity index is 1.44. The molecule has 4 N–H and O–H groups in total. The zero-order valence-electron chi connectivity index (χ0n) is 17.3. The fraction of sp³-hybridized carbons (Fsp3) is 0.417. The first-order chi connectivity index (χ1) is 14.5. The van der Waals surface area contributed by atoms with Crippen LogP contribution in [0.25, 0.3) is 0 Å². The van der Waals surface area contributed by atoms with E-state index < -0.39 is 10.8 Å². The third-order valence-electron chi connectivity index (χ3n) is 7.18. The van der Waals surface area contributed by atoms with Gasteiger partial charge in [-0.05, 0) is 36.8 Å². The van der Waals surface area contributed by atoms with Crippen molar-refractivity contribution >= 4 is 11.8 Å². The highest BCUT2D eigenvalue weighted by atomic mass is 16.2. The molecular weight excluding hydrogens is 376 g/mol. The Morgan fingerprint density at radius 2 is 0.900 bits per heavy atom. The van der Waals surface area contributed by atoms with Gasteiger partial charge in [0.2, 0.25) is 11.8 Å². The number of nitrogens with two attached hydrogens (primary N) is 2. The molecule has 0 aromatic heterocycles. The summed E-state index contributed by atoms with van der Waals surface area (Å²) in [6.07, 6.45) is 2.79. The Morgan fingerprint density at radius 3 is 1.17 bits per heavy atom. The molecule has 2 heterocycles. The maximum absolute atomic E-state index is 12.4. The second kappa shape index (κ2) is 8.20. The average molecular weight is 407 g/mol. The lowest BCUT2D eigenvalue weighted by molar-refractivity contribution is -0.134. The van der Waals surface area contributed by atoms with E-state index in [4.69, 9.17) is 11.5 Å². The molecule has 158 valence electrons. The van der Waals surface area contributed by atoms with Crippen LogP contribution < -0.4 is 11.5 Å². The molecule has 2 aromatic carbocycles. The van der Waals surface area contributed by atoms with E-state index in [1.165, 1.54) is 0 Å². The van der Waals surface area contributed by atoms with Crippen molar-refractivity contribution in [3.05, 3.63) is 71.8 Å². The minimum Gasteiger partial charge on any atom is -0.369 e. The first-order valence-electron chi connectivity index (χ1n) is 10.7. The molecule has 6 nitrogen and oxygen atoms in total. The molecule has 2 amide bonds. The number of piperidine rings is 2. The van der Waals surface area contributed by atoms with Crippen molar-refractivity contribution in [2.24, 2.45) is 11.5 Å². The molecule has 2 saturated heterocycles. The van der Waals surface area contributed by atoms with Gasteiger partial charge in [0.25, 0.3) is 0 Å². The second-order valence-corrected chi connectivity index (χ2v) is 8.53. The minimum absolute atomic E-state index is 0.246. The molecule has 0 unspecified atom stereocenters. The van der Waals surface area contributed by atoms with E-state index in [-0.39, 0.29) is 11.8 Å². The van der Waals surface area contributed by atoms with Crippen molar-refractivity contribution in [1.82, 2.24) is 10.0 Å². The van der Waals surface area contributed by atoms with Crippen molar-refractivity contribution in [1.29, 1.82) is 0 Å². The van der Waals surface area contributed by atoms with Gasteiger partial charge in [-0.25, -0.2) is 10.0 Å². The normalized spacial score (nSPS) is 21.7. The number of hydrogen-bond donors (Lipinski definition) is 2. The number of primary amides is 2. The van der Waals surface area contributed by atoms with E-state index in [1.807, 2.05) is 60.7 Å². The van der Waals surface area contributed by atoms with Crippen molar-refractivity contribution in [3.8, 4) is 0 Å². The molecule has 4 rings (SSSR count). The van der Waals surface area contributed by atoms with E-state index >= 15 is 0 Å². The maximum Gasteiger partial charge on any atom is 0.228 e. The van der Waals surface area contributed by atoms with Crippen LogP contribution in [0, 0.1) is 0 Å². The van der Waals surface area contributed by atoms with Crippen LogP contribution in [0.3, 0.4) is 0 Å². The Bertz CT molecular complexity index is 808. The molecule has 0 saturated carbocycles. The summed E-state index contributed by atoms with van der Waals surface area (Å²) in [6.45, 7) is 3.08. The van der Waals surface area contributed by atoms with Gasteiger partial charge in [0, 0.05) is 26.2 Å². The lowest BCUT2D eigenvalue weighted by Crippen LogP contribution is -2.58. The van der Waals surface area contributed by atoms with Crippen molar-refractivity contribution in [2.45, 2.75) is 36.5 Å². The molecule has 6 heteroatoms. The summed E-state index contributed by atoms with van der Waals surface area (Å²) in [4.78, 5) is 24.8. The molecule has 2 aliphatic rings. The highest BCUT2D eigenvalue weighted by Gasteiger charge is 2.45. The zero-order chi connectivity index (χ0) is 21.2. The van der Waals surface area contributed by atoms with Gasteiger partial charge in [0.1, 0.15) is 0 Å². The van der Waals surface area contributed by atoms with Crippen molar-refractivity contribution in [3.63, 3.8) is 0 Å². The van der Waals surface area contributed by atoms with E-state index in [2.05, 4.69) is 10.0 Å². The highest BCUT2D eigenvalue weighted by molar-refractivity contribution is 5.87. The molecular formula is C24H30N4O2. The van der Waals surface area contributed by atoms with Gasteiger partial charge in [-0.3, -0.25) is 9.59 Å². The summed E-state index contributed by atoms with van der Waals surface area (Å²) in [5, 5.41) is 4.64. The van der Waals surface area contributed by atoms with Crippen LogP contribution in [0.5, 0.6) is 0 Å². The highest BCUT2D eigenvalue weighted by Crippen LogP contribution is 2.39. The topological polar surface area (TPSA) is 92.7 Å². The van der Waals surface area contributed by atoms with Crippen molar-refractivity contribution < 1.29 is 9.59 Å². The summed E-state index contributed by atoms with van der Waals surface area (Å²) in [5.41, 5.74) is 12.5. The Morgan fingerprint density at radius 1 is 0.600 bits per heavy atom. The Hall–Kier alpha value is -2.70.